The number of aliphatic carboxylic acids is 1. The van der Waals surface area contributed by atoms with Crippen molar-refractivity contribution in [2.24, 2.45) is 11.8 Å². The molecule has 1 aliphatic rings. The van der Waals surface area contributed by atoms with Gasteiger partial charge in [-0.3, -0.25) is 4.79 Å². The van der Waals surface area contributed by atoms with Crippen molar-refractivity contribution in [3.05, 3.63) is 47.5 Å². The van der Waals surface area contributed by atoms with Crippen LogP contribution in [-0.4, -0.2) is 46.2 Å². The molecule has 4 N–H and O–H groups in total. The molecular formula is C22H28F3NO6. The number of carbonyl (C=O) groups is 2. The second kappa shape index (κ2) is 11.9. The molecule has 4 atom stereocenters. The Bertz CT molecular complexity index is 798. The fourth-order valence-electron chi connectivity index (χ4n) is 3.73. The Kier molecular flexibility index (Phi) is 9.52. The number of hydrogen-bond donors (Lipinski definition) is 4. The van der Waals surface area contributed by atoms with Crippen LogP contribution in [0.5, 0.6) is 0 Å². The third-order valence-corrected chi connectivity index (χ3v) is 5.46. The van der Waals surface area contributed by atoms with Crippen molar-refractivity contribution in [2.75, 3.05) is 6.61 Å². The Labute approximate surface area is 183 Å². The Balaban J connectivity index is 1.80. The van der Waals surface area contributed by atoms with Crippen LogP contribution in [0.15, 0.2) is 36.4 Å². The summed E-state index contributed by atoms with van der Waals surface area (Å²) in [5, 5.41) is 31.4. The van der Waals surface area contributed by atoms with Gasteiger partial charge in [0.05, 0.1) is 24.4 Å². The Morgan fingerprint density at radius 1 is 1.16 bits per heavy atom. The van der Waals surface area contributed by atoms with Crippen LogP contribution in [0.3, 0.4) is 0 Å². The SMILES string of the molecule is O=C(O)CCC/C=C/CC1C(O)CC(O)C1COC(=O)NCc1cccc(C(F)(F)F)c1. The van der Waals surface area contributed by atoms with Crippen LogP contribution in [0.1, 0.15) is 43.2 Å². The number of carboxylic acid groups (broad SMARTS) is 1. The number of rotatable bonds is 10. The minimum atomic E-state index is -4.48. The van der Waals surface area contributed by atoms with Crippen molar-refractivity contribution in [1.29, 1.82) is 0 Å². The Hall–Kier alpha value is -2.59. The van der Waals surface area contributed by atoms with Crippen LogP contribution in [0.4, 0.5) is 18.0 Å². The zero-order valence-corrected chi connectivity index (χ0v) is 17.4. The van der Waals surface area contributed by atoms with Crippen molar-refractivity contribution in [3.63, 3.8) is 0 Å². The number of alkyl halides is 3. The molecule has 178 valence electrons. The van der Waals surface area contributed by atoms with Gasteiger partial charge in [0.15, 0.2) is 0 Å². The van der Waals surface area contributed by atoms with E-state index in [1.807, 2.05) is 12.2 Å². The number of aliphatic hydroxyl groups is 2. The number of carbonyl (C=O) groups excluding carboxylic acids is 1. The summed E-state index contributed by atoms with van der Waals surface area (Å²) in [6.07, 6.45) is -1.56. The summed E-state index contributed by atoms with van der Waals surface area (Å²) >= 11 is 0. The zero-order chi connectivity index (χ0) is 23.7. The van der Waals surface area contributed by atoms with E-state index in [0.29, 0.717) is 19.3 Å². The number of amides is 1. The van der Waals surface area contributed by atoms with E-state index in [0.717, 1.165) is 12.1 Å². The van der Waals surface area contributed by atoms with Crippen molar-refractivity contribution in [1.82, 2.24) is 5.32 Å². The second-order valence-corrected chi connectivity index (χ2v) is 7.84. The van der Waals surface area contributed by atoms with Gasteiger partial charge in [0.1, 0.15) is 0 Å². The summed E-state index contributed by atoms with van der Waals surface area (Å²) in [5.41, 5.74) is -0.550. The quantitative estimate of drug-likeness (QED) is 0.314. The molecule has 0 heterocycles. The number of halogens is 3. The predicted octanol–water partition coefficient (Wildman–Crippen LogP) is 3.49. The average molecular weight is 459 g/mol. The first-order valence-corrected chi connectivity index (χ1v) is 10.4. The highest BCUT2D eigenvalue weighted by Gasteiger charge is 2.41. The molecule has 4 unspecified atom stereocenters. The van der Waals surface area contributed by atoms with Gasteiger partial charge in [-0.15, -0.1) is 0 Å². The van der Waals surface area contributed by atoms with E-state index < -0.39 is 41.9 Å². The number of carboxylic acids is 1. The molecule has 2 rings (SSSR count). The standard InChI is InChI=1S/C22H28F3NO6/c23-22(24,25)15-7-5-6-14(10-15)12-26-21(31)32-13-17-16(18(27)11-19(17)28)8-3-1-2-4-9-20(29)30/h1,3,5-7,10,16-19,27-28H,2,4,8-9,11-13H2,(H,26,31)(H,29,30)/b3-1+. The van der Waals surface area contributed by atoms with Gasteiger partial charge in [-0.2, -0.15) is 13.2 Å². The van der Waals surface area contributed by atoms with Gasteiger partial charge in [0, 0.05) is 18.9 Å². The molecule has 0 saturated heterocycles. The lowest BCUT2D eigenvalue weighted by atomic mass is 9.91. The second-order valence-electron chi connectivity index (χ2n) is 7.84. The number of unbranched alkanes of at least 4 members (excludes halogenated alkanes) is 1. The molecule has 0 bridgehead atoms. The molecule has 10 heteroatoms. The number of allylic oxidation sites excluding steroid dienone is 2. The molecule has 32 heavy (non-hydrogen) atoms. The Morgan fingerprint density at radius 2 is 1.88 bits per heavy atom. The van der Waals surface area contributed by atoms with E-state index >= 15 is 0 Å². The van der Waals surface area contributed by atoms with Crippen molar-refractivity contribution < 1.29 is 42.8 Å². The number of hydrogen-bond acceptors (Lipinski definition) is 5. The highest BCUT2D eigenvalue weighted by Crippen LogP contribution is 2.35. The van der Waals surface area contributed by atoms with Gasteiger partial charge < -0.3 is 25.4 Å². The summed E-state index contributed by atoms with van der Waals surface area (Å²) in [6.45, 7) is -0.300. The van der Waals surface area contributed by atoms with Crippen LogP contribution >= 0.6 is 0 Å². The number of nitrogens with one attached hydrogen (secondary N) is 1. The maximum atomic E-state index is 12.8. The minimum absolute atomic E-state index is 0.0706. The van der Waals surface area contributed by atoms with E-state index in [2.05, 4.69) is 5.32 Å². The molecule has 1 saturated carbocycles. The van der Waals surface area contributed by atoms with Crippen LogP contribution < -0.4 is 5.32 Å². The lowest BCUT2D eigenvalue weighted by Gasteiger charge is -2.22. The topological polar surface area (TPSA) is 116 Å². The fourth-order valence-corrected chi connectivity index (χ4v) is 3.73. The van der Waals surface area contributed by atoms with Crippen LogP contribution in [0.25, 0.3) is 0 Å². The van der Waals surface area contributed by atoms with Crippen LogP contribution in [0.2, 0.25) is 0 Å². The molecule has 7 nitrogen and oxygen atoms in total. The van der Waals surface area contributed by atoms with E-state index in [1.54, 1.807) is 0 Å². The van der Waals surface area contributed by atoms with Gasteiger partial charge in [-0.1, -0.05) is 24.3 Å². The molecule has 1 aromatic carbocycles. The highest BCUT2D eigenvalue weighted by molar-refractivity contribution is 5.67. The summed E-state index contributed by atoms with van der Waals surface area (Å²) in [4.78, 5) is 22.5. The smallest absolute Gasteiger partial charge is 0.416 e. The molecule has 0 spiro atoms. The monoisotopic (exact) mass is 459 g/mol. The normalized spacial score (nSPS) is 23.4. The third kappa shape index (κ3) is 8.16. The first-order chi connectivity index (χ1) is 15.1. The predicted molar refractivity (Wildman–Crippen MR) is 108 cm³/mol. The number of alkyl carbamates (subject to hydrolysis) is 1. The van der Waals surface area contributed by atoms with Crippen molar-refractivity contribution >= 4 is 12.1 Å². The first kappa shape index (κ1) is 25.7. The summed E-state index contributed by atoms with van der Waals surface area (Å²) in [6, 6.07) is 4.58. The van der Waals surface area contributed by atoms with Gasteiger partial charge in [0.2, 0.25) is 0 Å². The van der Waals surface area contributed by atoms with E-state index in [4.69, 9.17) is 9.84 Å². The van der Waals surface area contributed by atoms with Gasteiger partial charge in [-0.05, 0) is 49.3 Å². The molecule has 0 aromatic heterocycles. The minimum Gasteiger partial charge on any atom is -0.481 e. The number of benzene rings is 1. The number of ether oxygens (including phenoxy) is 1. The molecule has 0 aliphatic heterocycles. The third-order valence-electron chi connectivity index (χ3n) is 5.46. The molecule has 1 aliphatic carbocycles. The van der Waals surface area contributed by atoms with Crippen molar-refractivity contribution in [3.8, 4) is 0 Å². The number of aliphatic hydroxyl groups excluding tert-OH is 2. The molecule has 1 aromatic rings. The summed E-state index contributed by atoms with van der Waals surface area (Å²) in [5.74, 6) is -1.69. The zero-order valence-electron chi connectivity index (χ0n) is 17.4. The summed E-state index contributed by atoms with van der Waals surface area (Å²) in [7, 11) is 0. The van der Waals surface area contributed by atoms with E-state index in [1.165, 1.54) is 12.1 Å². The molecule has 1 amide bonds. The lowest BCUT2D eigenvalue weighted by Crippen LogP contribution is -2.31. The highest BCUT2D eigenvalue weighted by atomic mass is 19.4. The van der Waals surface area contributed by atoms with E-state index in [9.17, 15) is 33.0 Å². The summed E-state index contributed by atoms with van der Waals surface area (Å²) < 4.78 is 43.4. The Morgan fingerprint density at radius 3 is 2.56 bits per heavy atom. The van der Waals surface area contributed by atoms with Crippen LogP contribution in [0, 0.1) is 11.8 Å². The van der Waals surface area contributed by atoms with E-state index in [-0.39, 0.29) is 37.5 Å². The first-order valence-electron chi connectivity index (χ1n) is 10.4. The van der Waals surface area contributed by atoms with Gasteiger partial charge in [0.25, 0.3) is 0 Å². The van der Waals surface area contributed by atoms with Crippen LogP contribution in [-0.2, 0) is 22.3 Å². The van der Waals surface area contributed by atoms with Crippen molar-refractivity contribution in [2.45, 2.75) is 57.0 Å². The molecular weight excluding hydrogens is 431 g/mol. The lowest BCUT2D eigenvalue weighted by molar-refractivity contribution is -0.138. The molecule has 1 fully saturated rings. The molecule has 0 radical (unpaired) electrons. The van der Waals surface area contributed by atoms with Gasteiger partial charge in [-0.25, -0.2) is 4.79 Å². The average Bonchev–Trinajstić information content (AvgIpc) is 2.99. The fraction of sp³-hybridized carbons (Fsp3) is 0.545. The maximum absolute atomic E-state index is 12.8. The largest absolute Gasteiger partial charge is 0.481 e. The maximum Gasteiger partial charge on any atom is 0.416 e. The van der Waals surface area contributed by atoms with Gasteiger partial charge >= 0.3 is 18.2 Å².